The molecule has 0 atom stereocenters. The van der Waals surface area contributed by atoms with Gasteiger partial charge in [-0.25, -0.2) is 0 Å². The largest absolute Gasteiger partial charge is 0.326 e. The lowest BCUT2D eigenvalue weighted by molar-refractivity contribution is -0.383. The van der Waals surface area contributed by atoms with Gasteiger partial charge in [0.05, 0.1) is 11.3 Å². The van der Waals surface area contributed by atoms with Crippen LogP contribution in [-0.2, 0) is 11.2 Å². The molecule has 1 aliphatic heterocycles. The zero-order chi connectivity index (χ0) is 16.6. The summed E-state index contributed by atoms with van der Waals surface area (Å²) in [5.41, 5.74) is 1.46. The third-order valence-corrected chi connectivity index (χ3v) is 3.63. The third-order valence-electron chi connectivity index (χ3n) is 3.40. The number of hydrogen-bond acceptors (Lipinski definition) is 4. The van der Waals surface area contributed by atoms with Gasteiger partial charge in [0.2, 0.25) is 5.91 Å². The Morgan fingerprint density at radius 2 is 2.04 bits per heavy atom. The molecule has 116 valence electrons. The Labute approximate surface area is 135 Å². The molecular weight excluding hydrogens is 322 g/mol. The van der Waals surface area contributed by atoms with E-state index in [1.54, 1.807) is 18.2 Å². The van der Waals surface area contributed by atoms with E-state index in [0.29, 0.717) is 16.8 Å². The molecule has 0 bridgehead atoms. The maximum atomic E-state index is 12.3. The van der Waals surface area contributed by atoms with Crippen molar-refractivity contribution in [3.8, 4) is 0 Å². The minimum atomic E-state index is -0.618. The highest BCUT2D eigenvalue weighted by Crippen LogP contribution is 2.29. The monoisotopic (exact) mass is 331 g/mol. The number of benzene rings is 2. The van der Waals surface area contributed by atoms with Gasteiger partial charge in [0, 0.05) is 22.3 Å². The minimum absolute atomic E-state index is 0.0547. The van der Waals surface area contributed by atoms with Crippen molar-refractivity contribution in [3.05, 3.63) is 62.7 Å². The molecule has 0 fully saturated rings. The van der Waals surface area contributed by atoms with Crippen molar-refractivity contribution in [3.63, 3.8) is 0 Å². The quantitative estimate of drug-likeness (QED) is 0.666. The molecular formula is C15H10ClN3O4. The lowest BCUT2D eigenvalue weighted by atomic mass is 10.1. The Bertz CT molecular complexity index is 851. The first-order valence-electron chi connectivity index (χ1n) is 6.62. The number of halogens is 1. The SMILES string of the molecule is O=C1Cc2cc(C(=O)Nc3ccc(Cl)cc3[N+](=O)[O-])ccc2N1. The number of amides is 2. The summed E-state index contributed by atoms with van der Waals surface area (Å²) in [4.78, 5) is 34.0. The topological polar surface area (TPSA) is 101 Å². The number of fused-ring (bicyclic) bond motifs is 1. The molecule has 3 rings (SSSR count). The van der Waals surface area contributed by atoms with E-state index < -0.39 is 10.8 Å². The van der Waals surface area contributed by atoms with E-state index in [1.165, 1.54) is 18.2 Å². The van der Waals surface area contributed by atoms with E-state index in [4.69, 9.17) is 11.6 Å². The lowest BCUT2D eigenvalue weighted by Gasteiger charge is -2.07. The van der Waals surface area contributed by atoms with Crippen molar-refractivity contribution >= 4 is 40.5 Å². The van der Waals surface area contributed by atoms with Gasteiger partial charge >= 0.3 is 0 Å². The zero-order valence-corrected chi connectivity index (χ0v) is 12.4. The highest BCUT2D eigenvalue weighted by Gasteiger charge is 2.21. The Morgan fingerprint density at radius 3 is 2.78 bits per heavy atom. The maximum absolute atomic E-state index is 12.3. The van der Waals surface area contributed by atoms with Crippen LogP contribution in [0.5, 0.6) is 0 Å². The van der Waals surface area contributed by atoms with Gasteiger partial charge in [-0.05, 0) is 35.9 Å². The Balaban J connectivity index is 1.87. The second-order valence-corrected chi connectivity index (χ2v) is 5.41. The molecule has 2 aromatic carbocycles. The number of carbonyl (C=O) groups excluding carboxylic acids is 2. The summed E-state index contributed by atoms with van der Waals surface area (Å²) in [7, 11) is 0. The first-order valence-corrected chi connectivity index (χ1v) is 7.00. The Morgan fingerprint density at radius 1 is 1.26 bits per heavy atom. The fourth-order valence-electron chi connectivity index (χ4n) is 2.33. The van der Waals surface area contributed by atoms with Crippen LogP contribution in [0.4, 0.5) is 17.1 Å². The van der Waals surface area contributed by atoms with Gasteiger partial charge in [-0.3, -0.25) is 19.7 Å². The summed E-state index contributed by atoms with van der Waals surface area (Å²) in [5, 5.41) is 16.4. The molecule has 0 saturated carbocycles. The van der Waals surface area contributed by atoms with Crippen LogP contribution in [0.3, 0.4) is 0 Å². The standard InChI is InChI=1S/C15H10ClN3O4/c16-10-2-4-12(13(7-10)19(22)23)18-15(21)8-1-3-11-9(5-8)6-14(20)17-11/h1-5,7H,6H2,(H,17,20)(H,18,21). The second kappa shape index (κ2) is 5.69. The molecule has 0 spiro atoms. The van der Waals surface area contributed by atoms with Gasteiger partial charge in [0.25, 0.3) is 11.6 Å². The average molecular weight is 332 g/mol. The predicted octanol–water partition coefficient (Wildman–Crippen LogP) is 3.00. The van der Waals surface area contributed by atoms with E-state index in [-0.39, 0.29) is 28.7 Å². The van der Waals surface area contributed by atoms with Crippen LogP contribution in [0.1, 0.15) is 15.9 Å². The summed E-state index contributed by atoms with van der Waals surface area (Å²) in [5.74, 6) is -0.636. The first kappa shape index (κ1) is 15.0. The molecule has 8 heteroatoms. The maximum Gasteiger partial charge on any atom is 0.294 e. The number of nitro benzene ring substituents is 1. The average Bonchev–Trinajstić information content (AvgIpc) is 2.87. The third kappa shape index (κ3) is 3.00. The molecule has 0 saturated heterocycles. The normalized spacial score (nSPS) is 12.5. The van der Waals surface area contributed by atoms with E-state index in [0.717, 1.165) is 0 Å². The van der Waals surface area contributed by atoms with Crippen LogP contribution in [-0.4, -0.2) is 16.7 Å². The number of carbonyl (C=O) groups is 2. The molecule has 2 N–H and O–H groups in total. The van der Waals surface area contributed by atoms with Crippen LogP contribution in [0.2, 0.25) is 5.02 Å². The van der Waals surface area contributed by atoms with E-state index in [9.17, 15) is 19.7 Å². The lowest BCUT2D eigenvalue weighted by Crippen LogP contribution is -2.13. The molecule has 2 amide bonds. The first-order chi connectivity index (χ1) is 10.9. The molecule has 0 unspecified atom stereocenters. The highest BCUT2D eigenvalue weighted by molar-refractivity contribution is 6.31. The van der Waals surface area contributed by atoms with Gasteiger partial charge < -0.3 is 10.6 Å². The number of rotatable bonds is 3. The number of nitrogens with zero attached hydrogens (tertiary/aromatic N) is 1. The van der Waals surface area contributed by atoms with Gasteiger partial charge in [0.1, 0.15) is 5.69 Å². The minimum Gasteiger partial charge on any atom is -0.326 e. The summed E-state index contributed by atoms with van der Waals surface area (Å²) < 4.78 is 0. The summed E-state index contributed by atoms with van der Waals surface area (Å²) in [6, 6.07) is 8.76. The molecule has 0 aromatic heterocycles. The molecule has 1 aliphatic rings. The fourth-order valence-corrected chi connectivity index (χ4v) is 2.49. The summed E-state index contributed by atoms with van der Waals surface area (Å²) >= 11 is 5.74. The van der Waals surface area contributed by atoms with Crippen molar-refractivity contribution in [2.24, 2.45) is 0 Å². The van der Waals surface area contributed by atoms with Crippen LogP contribution in [0, 0.1) is 10.1 Å². The van der Waals surface area contributed by atoms with E-state index in [1.807, 2.05) is 0 Å². The second-order valence-electron chi connectivity index (χ2n) is 4.97. The van der Waals surface area contributed by atoms with Crippen LogP contribution in [0.15, 0.2) is 36.4 Å². The van der Waals surface area contributed by atoms with Crippen molar-refractivity contribution in [2.45, 2.75) is 6.42 Å². The van der Waals surface area contributed by atoms with Crippen molar-refractivity contribution in [1.82, 2.24) is 0 Å². The van der Waals surface area contributed by atoms with Gasteiger partial charge in [0.15, 0.2) is 0 Å². The smallest absolute Gasteiger partial charge is 0.294 e. The number of nitrogens with one attached hydrogen (secondary N) is 2. The Kier molecular flexibility index (Phi) is 3.71. The summed E-state index contributed by atoms with van der Waals surface area (Å²) in [6.07, 6.45) is 0.206. The highest BCUT2D eigenvalue weighted by atomic mass is 35.5. The van der Waals surface area contributed by atoms with Gasteiger partial charge in [-0.1, -0.05) is 11.6 Å². The van der Waals surface area contributed by atoms with E-state index in [2.05, 4.69) is 10.6 Å². The van der Waals surface area contributed by atoms with Gasteiger partial charge in [-0.15, -0.1) is 0 Å². The predicted molar refractivity (Wildman–Crippen MR) is 84.8 cm³/mol. The number of anilines is 2. The van der Waals surface area contributed by atoms with Crippen molar-refractivity contribution in [2.75, 3.05) is 10.6 Å². The molecule has 23 heavy (non-hydrogen) atoms. The van der Waals surface area contributed by atoms with Crippen LogP contribution in [0.25, 0.3) is 0 Å². The summed E-state index contributed by atoms with van der Waals surface area (Å²) in [6.45, 7) is 0. The number of hydrogen-bond donors (Lipinski definition) is 2. The zero-order valence-electron chi connectivity index (χ0n) is 11.6. The van der Waals surface area contributed by atoms with Gasteiger partial charge in [-0.2, -0.15) is 0 Å². The molecule has 1 heterocycles. The Hall–Kier alpha value is -2.93. The molecule has 2 aromatic rings. The fraction of sp³-hybridized carbons (Fsp3) is 0.0667. The van der Waals surface area contributed by atoms with Crippen molar-refractivity contribution in [1.29, 1.82) is 0 Å². The van der Waals surface area contributed by atoms with Crippen molar-refractivity contribution < 1.29 is 14.5 Å². The van der Waals surface area contributed by atoms with Crippen LogP contribution < -0.4 is 10.6 Å². The number of nitro groups is 1. The van der Waals surface area contributed by atoms with Crippen LogP contribution >= 0.6 is 11.6 Å². The molecule has 0 radical (unpaired) electrons. The van der Waals surface area contributed by atoms with E-state index >= 15 is 0 Å². The molecule has 7 nitrogen and oxygen atoms in total. The molecule has 0 aliphatic carbocycles.